The van der Waals surface area contributed by atoms with Crippen molar-refractivity contribution in [3.05, 3.63) is 0 Å². The number of hydrogen-bond donors (Lipinski definition) is 0. The lowest BCUT2D eigenvalue weighted by Gasteiger charge is -2.45. The lowest BCUT2D eigenvalue weighted by atomic mass is 9.63. The second kappa shape index (κ2) is 4.86. The molecular formula is C14H25ClO. The van der Waals surface area contributed by atoms with Crippen LogP contribution in [-0.2, 0) is 4.74 Å². The van der Waals surface area contributed by atoms with Gasteiger partial charge in [-0.05, 0) is 42.4 Å². The van der Waals surface area contributed by atoms with E-state index in [9.17, 15) is 0 Å². The molecule has 0 bridgehead atoms. The molecule has 1 heterocycles. The molecule has 1 aliphatic heterocycles. The van der Waals surface area contributed by atoms with Gasteiger partial charge in [0.1, 0.15) is 0 Å². The predicted octanol–water partition coefficient (Wildman–Crippen LogP) is 4.09. The molecule has 0 spiro atoms. The highest BCUT2D eigenvalue weighted by atomic mass is 35.5. The summed E-state index contributed by atoms with van der Waals surface area (Å²) in [7, 11) is 0. The van der Waals surface area contributed by atoms with E-state index in [4.69, 9.17) is 16.3 Å². The van der Waals surface area contributed by atoms with Crippen LogP contribution in [0.3, 0.4) is 0 Å². The van der Waals surface area contributed by atoms with Gasteiger partial charge >= 0.3 is 0 Å². The molecule has 0 aromatic carbocycles. The second-order valence-corrected chi connectivity index (χ2v) is 6.98. The summed E-state index contributed by atoms with van der Waals surface area (Å²) in [6.07, 6.45) is 5.08. The predicted molar refractivity (Wildman–Crippen MR) is 68.9 cm³/mol. The first-order chi connectivity index (χ1) is 7.51. The first kappa shape index (κ1) is 12.7. The van der Waals surface area contributed by atoms with Crippen molar-refractivity contribution in [2.45, 2.75) is 51.8 Å². The molecule has 0 aromatic heterocycles. The Balaban J connectivity index is 2.04. The number of alkyl halides is 1. The zero-order valence-electron chi connectivity index (χ0n) is 10.8. The van der Waals surface area contributed by atoms with Gasteiger partial charge in [0.25, 0.3) is 0 Å². The molecule has 2 rings (SSSR count). The molecule has 0 radical (unpaired) electrons. The van der Waals surface area contributed by atoms with E-state index >= 15 is 0 Å². The summed E-state index contributed by atoms with van der Waals surface area (Å²) in [5.74, 6) is 2.21. The number of ether oxygens (including phenoxy) is 1. The van der Waals surface area contributed by atoms with Gasteiger partial charge in [0.05, 0.1) is 0 Å². The summed E-state index contributed by atoms with van der Waals surface area (Å²) >= 11 is 6.60. The van der Waals surface area contributed by atoms with Crippen molar-refractivity contribution in [2.75, 3.05) is 13.2 Å². The molecule has 4 atom stereocenters. The van der Waals surface area contributed by atoms with Gasteiger partial charge in [-0.25, -0.2) is 0 Å². The third-order valence-corrected chi connectivity index (χ3v) is 5.45. The van der Waals surface area contributed by atoms with Crippen molar-refractivity contribution in [2.24, 2.45) is 23.2 Å². The molecule has 1 saturated carbocycles. The number of halogens is 1. The molecule has 0 amide bonds. The first-order valence-corrected chi connectivity index (χ1v) is 7.17. The van der Waals surface area contributed by atoms with Gasteiger partial charge in [0.2, 0.25) is 0 Å². The highest BCUT2D eigenvalue weighted by Gasteiger charge is 2.43. The third kappa shape index (κ3) is 2.41. The molecule has 1 nitrogen and oxygen atoms in total. The minimum atomic E-state index is 0.350. The smallest absolute Gasteiger partial charge is 0.0500 e. The average Bonchev–Trinajstić information content (AvgIpc) is 2.69. The Labute approximate surface area is 105 Å². The Hall–Kier alpha value is 0.250. The molecule has 1 aliphatic carbocycles. The zero-order chi connectivity index (χ0) is 11.8. The maximum Gasteiger partial charge on any atom is 0.0500 e. The molecule has 0 N–H and O–H groups in total. The lowest BCUT2D eigenvalue weighted by Crippen LogP contribution is -2.40. The van der Waals surface area contributed by atoms with E-state index in [1.54, 1.807) is 0 Å². The van der Waals surface area contributed by atoms with Crippen molar-refractivity contribution in [1.29, 1.82) is 0 Å². The van der Waals surface area contributed by atoms with E-state index in [1.165, 1.54) is 25.7 Å². The molecule has 2 aliphatic rings. The van der Waals surface area contributed by atoms with Crippen molar-refractivity contribution < 1.29 is 4.74 Å². The number of rotatable bonds is 2. The molecule has 2 fully saturated rings. The fourth-order valence-corrected chi connectivity index (χ4v) is 4.33. The van der Waals surface area contributed by atoms with Gasteiger partial charge < -0.3 is 4.74 Å². The van der Waals surface area contributed by atoms with E-state index in [-0.39, 0.29) is 0 Å². The highest BCUT2D eigenvalue weighted by molar-refractivity contribution is 6.20. The van der Waals surface area contributed by atoms with E-state index in [1.807, 2.05) is 0 Å². The Morgan fingerprint density at radius 1 is 1.19 bits per heavy atom. The third-order valence-electron chi connectivity index (χ3n) is 4.97. The number of hydrogen-bond acceptors (Lipinski definition) is 1. The lowest BCUT2D eigenvalue weighted by molar-refractivity contribution is 0.0632. The van der Waals surface area contributed by atoms with Gasteiger partial charge in [-0.2, -0.15) is 0 Å². The summed E-state index contributed by atoms with van der Waals surface area (Å²) in [4.78, 5) is 0. The topological polar surface area (TPSA) is 9.23 Å². The fraction of sp³-hybridized carbons (Fsp3) is 1.00. The van der Waals surface area contributed by atoms with Gasteiger partial charge in [0, 0.05) is 18.6 Å². The quantitative estimate of drug-likeness (QED) is 0.665. The second-order valence-electron chi connectivity index (χ2n) is 6.42. The monoisotopic (exact) mass is 244 g/mol. The van der Waals surface area contributed by atoms with Gasteiger partial charge in [0.15, 0.2) is 0 Å². The van der Waals surface area contributed by atoms with Gasteiger partial charge in [-0.1, -0.05) is 27.2 Å². The standard InChI is InChI=1S/C14H25ClO/c1-10-4-5-12(13(15)8-10)14(2,3)11-6-7-16-9-11/h10-13H,4-9H2,1-3H3. The summed E-state index contributed by atoms with van der Waals surface area (Å²) in [5, 5.41) is 0.374. The van der Waals surface area contributed by atoms with Crippen LogP contribution in [0.4, 0.5) is 0 Å². The Bertz CT molecular complexity index is 233. The molecule has 16 heavy (non-hydrogen) atoms. The summed E-state index contributed by atoms with van der Waals surface area (Å²) in [5.41, 5.74) is 0.350. The van der Waals surface area contributed by atoms with E-state index in [0.29, 0.717) is 22.6 Å². The van der Waals surface area contributed by atoms with Crippen LogP contribution in [-0.4, -0.2) is 18.6 Å². The Kier molecular flexibility index (Phi) is 3.86. The van der Waals surface area contributed by atoms with Crippen LogP contribution in [0.2, 0.25) is 0 Å². The van der Waals surface area contributed by atoms with Crippen LogP contribution < -0.4 is 0 Å². The molecular weight excluding hydrogens is 220 g/mol. The van der Waals surface area contributed by atoms with Crippen molar-refractivity contribution >= 4 is 11.6 Å². The Morgan fingerprint density at radius 2 is 1.94 bits per heavy atom. The average molecular weight is 245 g/mol. The minimum absolute atomic E-state index is 0.350. The van der Waals surface area contributed by atoms with Crippen LogP contribution in [0.25, 0.3) is 0 Å². The van der Waals surface area contributed by atoms with E-state index in [2.05, 4.69) is 20.8 Å². The SMILES string of the molecule is CC1CCC(C(C)(C)C2CCOC2)C(Cl)C1. The van der Waals surface area contributed by atoms with Gasteiger partial charge in [-0.3, -0.25) is 0 Å². The van der Waals surface area contributed by atoms with E-state index in [0.717, 1.165) is 19.1 Å². The van der Waals surface area contributed by atoms with Crippen LogP contribution >= 0.6 is 11.6 Å². The minimum Gasteiger partial charge on any atom is -0.381 e. The van der Waals surface area contributed by atoms with Crippen LogP contribution in [0.1, 0.15) is 46.5 Å². The molecule has 1 saturated heterocycles. The summed E-state index contributed by atoms with van der Waals surface area (Å²) in [6.45, 7) is 9.04. The van der Waals surface area contributed by atoms with Gasteiger partial charge in [-0.15, -0.1) is 11.6 Å². The zero-order valence-corrected chi connectivity index (χ0v) is 11.6. The first-order valence-electron chi connectivity index (χ1n) is 6.73. The highest BCUT2D eigenvalue weighted by Crippen LogP contribution is 2.48. The van der Waals surface area contributed by atoms with Crippen molar-refractivity contribution in [1.82, 2.24) is 0 Å². The fourth-order valence-electron chi connectivity index (χ4n) is 3.57. The summed E-state index contributed by atoms with van der Waals surface area (Å²) in [6, 6.07) is 0. The van der Waals surface area contributed by atoms with Crippen LogP contribution in [0.15, 0.2) is 0 Å². The normalized spacial score (nSPS) is 41.2. The molecule has 4 unspecified atom stereocenters. The maximum absolute atomic E-state index is 6.60. The molecule has 0 aromatic rings. The van der Waals surface area contributed by atoms with Crippen LogP contribution in [0.5, 0.6) is 0 Å². The molecule has 2 heteroatoms. The van der Waals surface area contributed by atoms with Crippen LogP contribution in [0, 0.1) is 23.2 Å². The van der Waals surface area contributed by atoms with Crippen molar-refractivity contribution in [3.8, 4) is 0 Å². The maximum atomic E-state index is 6.60. The molecule has 94 valence electrons. The van der Waals surface area contributed by atoms with E-state index < -0.39 is 0 Å². The largest absolute Gasteiger partial charge is 0.381 e. The summed E-state index contributed by atoms with van der Waals surface area (Å²) < 4.78 is 5.55. The van der Waals surface area contributed by atoms with Crippen molar-refractivity contribution in [3.63, 3.8) is 0 Å². The Morgan fingerprint density at radius 3 is 2.50 bits per heavy atom.